The predicted octanol–water partition coefficient (Wildman–Crippen LogP) is 0.966. The van der Waals surface area contributed by atoms with Crippen LogP contribution in [0.2, 0.25) is 0 Å². The first-order valence-corrected chi connectivity index (χ1v) is 7.67. The molecule has 0 radical (unpaired) electrons. The minimum absolute atomic E-state index is 0.147. The van der Waals surface area contributed by atoms with Gasteiger partial charge >= 0.3 is 0 Å². The van der Waals surface area contributed by atoms with Gasteiger partial charge in [-0.1, -0.05) is 0 Å². The van der Waals surface area contributed by atoms with E-state index in [9.17, 15) is 13.2 Å². The summed E-state index contributed by atoms with van der Waals surface area (Å²) in [6, 6.07) is 0. The fourth-order valence-electron chi connectivity index (χ4n) is 3.93. The number of ketones is 1. The van der Waals surface area contributed by atoms with Gasteiger partial charge < -0.3 is 0 Å². The summed E-state index contributed by atoms with van der Waals surface area (Å²) in [5.41, 5.74) is 0. The largest absolute Gasteiger partial charge is 0.299 e. The summed E-state index contributed by atoms with van der Waals surface area (Å²) in [6.45, 7) is 0. The summed E-state index contributed by atoms with van der Waals surface area (Å²) >= 11 is 0. The summed E-state index contributed by atoms with van der Waals surface area (Å²) in [5, 5.41) is 0. The fraction of sp³-hybridized carbons (Fsp3) is 0.909. The lowest BCUT2D eigenvalue weighted by Crippen LogP contribution is -2.55. The van der Waals surface area contributed by atoms with Gasteiger partial charge in [-0.3, -0.25) is 8.98 Å². The lowest BCUT2D eigenvalue weighted by molar-refractivity contribution is -0.151. The van der Waals surface area contributed by atoms with Crippen molar-refractivity contribution in [3.8, 4) is 0 Å². The van der Waals surface area contributed by atoms with Crippen LogP contribution < -0.4 is 0 Å². The van der Waals surface area contributed by atoms with Crippen LogP contribution in [-0.4, -0.2) is 26.6 Å². The second-order valence-electron chi connectivity index (χ2n) is 5.54. The Morgan fingerprint density at radius 1 is 1.19 bits per heavy atom. The second kappa shape index (κ2) is 3.29. The molecule has 5 atom stereocenters. The van der Waals surface area contributed by atoms with Crippen molar-refractivity contribution in [2.24, 2.45) is 23.7 Å². The second-order valence-corrected chi connectivity index (χ2v) is 7.14. The van der Waals surface area contributed by atoms with Gasteiger partial charge in [0.25, 0.3) is 10.1 Å². The van der Waals surface area contributed by atoms with Gasteiger partial charge in [-0.15, -0.1) is 0 Å². The van der Waals surface area contributed by atoms with Gasteiger partial charge in [-0.05, 0) is 37.5 Å². The molecule has 0 spiro atoms. The van der Waals surface area contributed by atoms with Crippen molar-refractivity contribution in [1.82, 2.24) is 0 Å². The molecule has 0 heterocycles. The van der Waals surface area contributed by atoms with Crippen molar-refractivity contribution in [2.45, 2.75) is 31.8 Å². The third kappa shape index (κ3) is 1.61. The highest BCUT2D eigenvalue weighted by Gasteiger charge is 2.54. The minimum atomic E-state index is -3.44. The maximum atomic E-state index is 12.0. The third-order valence-corrected chi connectivity index (χ3v) is 4.92. The maximum Gasteiger partial charge on any atom is 0.264 e. The van der Waals surface area contributed by atoms with Crippen LogP contribution in [0.1, 0.15) is 25.7 Å². The van der Waals surface area contributed by atoms with E-state index in [-0.39, 0.29) is 29.6 Å². The van der Waals surface area contributed by atoms with Crippen molar-refractivity contribution >= 4 is 15.9 Å². The Hall–Kier alpha value is -0.420. The molecule has 90 valence electrons. The predicted molar refractivity (Wildman–Crippen MR) is 57.2 cm³/mol. The van der Waals surface area contributed by atoms with Crippen LogP contribution in [0.15, 0.2) is 0 Å². The highest BCUT2D eigenvalue weighted by molar-refractivity contribution is 7.86. The van der Waals surface area contributed by atoms with Gasteiger partial charge in [0.2, 0.25) is 0 Å². The first-order chi connectivity index (χ1) is 7.44. The molecule has 0 aromatic carbocycles. The molecule has 4 saturated carbocycles. The van der Waals surface area contributed by atoms with Crippen LogP contribution >= 0.6 is 0 Å². The van der Waals surface area contributed by atoms with E-state index >= 15 is 0 Å². The van der Waals surface area contributed by atoms with Crippen LogP contribution in [0.25, 0.3) is 0 Å². The Morgan fingerprint density at radius 2 is 1.94 bits per heavy atom. The van der Waals surface area contributed by atoms with E-state index in [1.165, 1.54) is 0 Å². The van der Waals surface area contributed by atoms with Crippen LogP contribution in [0, 0.1) is 23.7 Å². The number of rotatable bonds is 2. The normalized spacial score (nSPS) is 46.3. The van der Waals surface area contributed by atoms with Crippen molar-refractivity contribution in [3.63, 3.8) is 0 Å². The SMILES string of the molecule is CS(=O)(=O)O[C@H]1[C@H]2C[C@H]3C[C@@H](C2)C(=O)[C@H]1C3. The molecule has 0 unspecified atom stereocenters. The molecule has 0 aromatic heterocycles. The lowest BCUT2D eigenvalue weighted by atomic mass is 9.54. The van der Waals surface area contributed by atoms with Gasteiger partial charge in [0.05, 0.1) is 12.4 Å². The summed E-state index contributed by atoms with van der Waals surface area (Å²) < 4.78 is 27.5. The van der Waals surface area contributed by atoms with Gasteiger partial charge in [-0.2, -0.15) is 8.42 Å². The van der Waals surface area contributed by atoms with Crippen molar-refractivity contribution in [2.75, 3.05) is 6.26 Å². The van der Waals surface area contributed by atoms with Crippen molar-refractivity contribution < 1.29 is 17.4 Å². The van der Waals surface area contributed by atoms with E-state index in [1.54, 1.807) is 0 Å². The summed E-state index contributed by atoms with van der Waals surface area (Å²) in [6.07, 6.45) is 4.45. The van der Waals surface area contributed by atoms with E-state index in [1.807, 2.05) is 0 Å². The van der Waals surface area contributed by atoms with Gasteiger partial charge in [0, 0.05) is 11.8 Å². The monoisotopic (exact) mass is 244 g/mol. The van der Waals surface area contributed by atoms with Gasteiger partial charge in [0.1, 0.15) is 5.78 Å². The van der Waals surface area contributed by atoms with Crippen LogP contribution in [0.5, 0.6) is 0 Å². The van der Waals surface area contributed by atoms with Crippen LogP contribution in [0.4, 0.5) is 0 Å². The number of hydrogen-bond acceptors (Lipinski definition) is 4. The maximum absolute atomic E-state index is 12.0. The summed E-state index contributed by atoms with van der Waals surface area (Å²) in [5.74, 6) is 1.22. The van der Waals surface area contributed by atoms with E-state index in [0.717, 1.165) is 31.9 Å². The summed E-state index contributed by atoms with van der Waals surface area (Å²) in [4.78, 5) is 12.0. The molecule has 0 saturated heterocycles. The topological polar surface area (TPSA) is 60.4 Å². The molecule has 4 aliphatic rings. The Kier molecular flexibility index (Phi) is 2.20. The molecule has 0 aromatic rings. The van der Waals surface area contributed by atoms with E-state index in [0.29, 0.717) is 5.92 Å². The van der Waals surface area contributed by atoms with Gasteiger partial charge in [-0.25, -0.2) is 0 Å². The molecule has 0 amide bonds. The standard InChI is InChI=1S/C11H16O4S/c1-16(13,14)15-11-8-3-6-2-7(5-8)10(12)9(11)4-6/h6-9,11H,2-5H2,1H3/t6-,7+,8+,9-,11+/m1/s1. The number of Topliss-reactive ketones (excluding diaryl/α,β-unsaturated/α-hetero) is 1. The first-order valence-electron chi connectivity index (χ1n) is 5.86. The molecule has 4 aliphatic carbocycles. The average Bonchev–Trinajstić information content (AvgIpc) is 2.17. The molecule has 16 heavy (non-hydrogen) atoms. The fourth-order valence-corrected chi connectivity index (χ4v) is 4.62. The van der Waals surface area contributed by atoms with E-state index in [2.05, 4.69) is 0 Å². The lowest BCUT2D eigenvalue weighted by Gasteiger charge is -2.52. The number of carbonyl (C=O) groups excluding carboxylic acids is 1. The Morgan fingerprint density at radius 3 is 2.62 bits per heavy atom. The molecular weight excluding hydrogens is 228 g/mol. The third-order valence-electron chi connectivity index (χ3n) is 4.34. The zero-order chi connectivity index (χ0) is 11.5. The van der Waals surface area contributed by atoms with E-state index < -0.39 is 10.1 Å². The number of carbonyl (C=O) groups is 1. The molecule has 5 heteroatoms. The summed E-state index contributed by atoms with van der Waals surface area (Å²) in [7, 11) is -3.44. The quantitative estimate of drug-likeness (QED) is 0.679. The Labute approximate surface area is 95.5 Å². The first kappa shape index (κ1) is 10.7. The molecule has 0 aliphatic heterocycles. The molecule has 4 fully saturated rings. The van der Waals surface area contributed by atoms with E-state index in [4.69, 9.17) is 4.18 Å². The molecule has 4 rings (SSSR count). The highest BCUT2D eigenvalue weighted by Crippen LogP contribution is 2.53. The highest BCUT2D eigenvalue weighted by atomic mass is 32.2. The van der Waals surface area contributed by atoms with Crippen molar-refractivity contribution in [1.29, 1.82) is 0 Å². The molecule has 0 N–H and O–H groups in total. The van der Waals surface area contributed by atoms with Crippen LogP contribution in [-0.2, 0) is 19.1 Å². The zero-order valence-corrected chi connectivity index (χ0v) is 10.1. The van der Waals surface area contributed by atoms with Crippen LogP contribution in [0.3, 0.4) is 0 Å². The Balaban J connectivity index is 1.88. The minimum Gasteiger partial charge on any atom is -0.299 e. The smallest absolute Gasteiger partial charge is 0.264 e. The van der Waals surface area contributed by atoms with Crippen molar-refractivity contribution in [3.05, 3.63) is 0 Å². The zero-order valence-electron chi connectivity index (χ0n) is 9.26. The molecular formula is C11H16O4S. The average molecular weight is 244 g/mol. The number of hydrogen-bond donors (Lipinski definition) is 0. The Bertz CT molecular complexity index is 427. The molecule has 4 nitrogen and oxygen atoms in total. The molecule has 4 bridgehead atoms. The van der Waals surface area contributed by atoms with Gasteiger partial charge in [0.15, 0.2) is 0 Å².